The Morgan fingerprint density at radius 1 is 1.15 bits per heavy atom. The average Bonchev–Trinajstić information content (AvgIpc) is 2.67. The summed E-state index contributed by atoms with van der Waals surface area (Å²) < 4.78 is 0. The number of nitro groups is 1. The number of ketones is 1. The summed E-state index contributed by atoms with van der Waals surface area (Å²) in [6, 6.07) is 15.4. The summed E-state index contributed by atoms with van der Waals surface area (Å²) in [5.74, 6) is 0.876. The average molecular weight is 435 g/mol. The molecule has 1 aliphatic heterocycles. The predicted octanol–water partition coefficient (Wildman–Crippen LogP) is 0.781. The summed E-state index contributed by atoms with van der Waals surface area (Å²) in [5, 5.41) is 11.6. The zero-order valence-electron chi connectivity index (χ0n) is 13.9. The molecule has 2 aromatic rings. The molecule has 1 heterocycles. The number of rotatable bonds is 5. The van der Waals surface area contributed by atoms with Gasteiger partial charge in [0.05, 0.1) is 11.5 Å². The number of hydrogen-bond donors (Lipinski definition) is 0. The van der Waals surface area contributed by atoms with E-state index >= 15 is 0 Å². The van der Waals surface area contributed by atoms with Crippen molar-refractivity contribution in [1.29, 1.82) is 0 Å². The fourth-order valence-electron chi connectivity index (χ4n) is 2.49. The van der Waals surface area contributed by atoms with Gasteiger partial charge in [-0.2, -0.15) is 0 Å². The number of nitro benzene ring substituents is 1. The zero-order chi connectivity index (χ0) is 17.6. The first kappa shape index (κ1) is 20.1. The van der Waals surface area contributed by atoms with E-state index in [9.17, 15) is 14.9 Å². The van der Waals surface area contributed by atoms with E-state index in [1.807, 2.05) is 35.2 Å². The molecule has 2 aromatic carbocycles. The lowest BCUT2D eigenvalue weighted by Gasteiger charge is -2.27. The van der Waals surface area contributed by atoms with Crippen LogP contribution in [0.1, 0.15) is 16.8 Å². The molecule has 0 aliphatic carbocycles. The summed E-state index contributed by atoms with van der Waals surface area (Å²) >= 11 is 1.64. The lowest BCUT2D eigenvalue weighted by atomic mass is 10.1. The molecule has 3 rings (SSSR count). The number of anilines is 1. The van der Waals surface area contributed by atoms with E-state index in [4.69, 9.17) is 0 Å². The molecule has 0 amide bonds. The van der Waals surface area contributed by atoms with Gasteiger partial charge in [-0.05, 0) is 30.7 Å². The number of para-hydroxylation sites is 1. The minimum absolute atomic E-state index is 0. The van der Waals surface area contributed by atoms with Crippen molar-refractivity contribution in [3.05, 3.63) is 70.3 Å². The van der Waals surface area contributed by atoms with Gasteiger partial charge in [-0.25, -0.2) is 0 Å². The summed E-state index contributed by atoms with van der Waals surface area (Å²) in [6.45, 7) is 0.908. The smallest absolute Gasteiger partial charge is 0.269 e. The SMILES string of the molecule is O=C(CN(C1=NCCCS1)c1ccccc1)c1ccc([N+](=O)[O-])cc1.[Br-]. The van der Waals surface area contributed by atoms with Crippen LogP contribution in [0.5, 0.6) is 0 Å². The Balaban J connectivity index is 0.00000243. The van der Waals surface area contributed by atoms with Gasteiger partial charge in [-0.15, -0.1) is 0 Å². The van der Waals surface area contributed by atoms with Crippen LogP contribution in [0.3, 0.4) is 0 Å². The van der Waals surface area contributed by atoms with Crippen LogP contribution in [0.2, 0.25) is 0 Å². The summed E-state index contributed by atoms with van der Waals surface area (Å²) in [7, 11) is 0. The predicted molar refractivity (Wildman–Crippen MR) is 101 cm³/mol. The maximum absolute atomic E-state index is 12.7. The van der Waals surface area contributed by atoms with Crippen LogP contribution >= 0.6 is 11.8 Å². The highest BCUT2D eigenvalue weighted by molar-refractivity contribution is 8.14. The third-order valence-corrected chi connectivity index (χ3v) is 4.88. The Bertz CT molecular complexity index is 797. The lowest BCUT2D eigenvalue weighted by molar-refractivity contribution is -0.384. The zero-order valence-corrected chi connectivity index (χ0v) is 16.3. The molecule has 0 aromatic heterocycles. The maximum Gasteiger partial charge on any atom is 0.269 e. The molecule has 6 nitrogen and oxygen atoms in total. The molecule has 0 radical (unpaired) electrons. The van der Waals surface area contributed by atoms with Crippen LogP contribution in [-0.2, 0) is 0 Å². The first-order chi connectivity index (χ1) is 12.1. The van der Waals surface area contributed by atoms with Crippen molar-refractivity contribution in [2.24, 2.45) is 4.99 Å². The van der Waals surface area contributed by atoms with E-state index in [1.54, 1.807) is 11.8 Å². The number of nitrogens with zero attached hydrogens (tertiary/aromatic N) is 3. The third-order valence-electron chi connectivity index (χ3n) is 3.78. The highest BCUT2D eigenvalue weighted by Crippen LogP contribution is 2.23. The number of benzene rings is 2. The topological polar surface area (TPSA) is 75.8 Å². The van der Waals surface area contributed by atoms with Crippen LogP contribution in [0.4, 0.5) is 11.4 Å². The second-order valence-corrected chi connectivity index (χ2v) is 6.58. The summed E-state index contributed by atoms with van der Waals surface area (Å²) in [6.07, 6.45) is 1.03. The first-order valence-electron chi connectivity index (χ1n) is 7.92. The normalized spacial score (nSPS) is 13.3. The number of carbonyl (C=O) groups is 1. The maximum atomic E-state index is 12.7. The van der Waals surface area contributed by atoms with E-state index in [1.165, 1.54) is 24.3 Å². The standard InChI is InChI=1S/C18H17N3O3S.BrH/c22-17(14-7-9-16(10-8-14)21(23)24)13-20(15-5-2-1-3-6-15)18-19-11-4-12-25-18;/h1-3,5-10H,4,11-13H2;1H/p-1. The number of non-ortho nitro benzene ring substituents is 1. The van der Waals surface area contributed by atoms with Gasteiger partial charge in [0.2, 0.25) is 0 Å². The lowest BCUT2D eigenvalue weighted by Crippen LogP contribution is -3.00. The fourth-order valence-corrected chi connectivity index (χ4v) is 3.46. The number of amidine groups is 1. The van der Waals surface area contributed by atoms with Gasteiger partial charge >= 0.3 is 0 Å². The molecule has 136 valence electrons. The summed E-state index contributed by atoms with van der Waals surface area (Å²) in [5.41, 5.74) is 1.34. The molecule has 0 N–H and O–H groups in total. The number of aliphatic imine (C=N–C) groups is 1. The van der Waals surface area contributed by atoms with Crippen LogP contribution in [0, 0.1) is 10.1 Å². The van der Waals surface area contributed by atoms with Crippen LogP contribution in [0.25, 0.3) is 0 Å². The van der Waals surface area contributed by atoms with Crippen molar-refractivity contribution < 1.29 is 26.7 Å². The molecule has 0 saturated heterocycles. The Kier molecular flexibility index (Phi) is 7.35. The minimum Gasteiger partial charge on any atom is -1.00 e. The van der Waals surface area contributed by atoms with Gasteiger partial charge < -0.3 is 21.9 Å². The fraction of sp³-hybridized carbons (Fsp3) is 0.222. The van der Waals surface area contributed by atoms with Gasteiger partial charge in [-0.3, -0.25) is 19.9 Å². The molecule has 0 atom stereocenters. The van der Waals surface area contributed by atoms with Crippen molar-refractivity contribution in [3.8, 4) is 0 Å². The number of thioether (sulfide) groups is 1. The molecule has 1 aliphatic rings. The number of Topliss-reactive ketones (excluding diaryl/α,β-unsaturated/α-hetero) is 1. The van der Waals surface area contributed by atoms with E-state index in [-0.39, 0.29) is 35.0 Å². The molecular formula is C18H17BrN3O3S-. The van der Waals surface area contributed by atoms with E-state index in [0.29, 0.717) is 5.56 Å². The Hall–Kier alpha value is -2.19. The molecular weight excluding hydrogens is 418 g/mol. The first-order valence-corrected chi connectivity index (χ1v) is 8.91. The van der Waals surface area contributed by atoms with E-state index in [2.05, 4.69) is 4.99 Å². The highest BCUT2D eigenvalue weighted by Gasteiger charge is 2.20. The van der Waals surface area contributed by atoms with Gasteiger partial charge in [-0.1, -0.05) is 30.0 Å². The highest BCUT2D eigenvalue weighted by atomic mass is 79.9. The van der Waals surface area contributed by atoms with Crippen LogP contribution in [0.15, 0.2) is 59.6 Å². The van der Waals surface area contributed by atoms with E-state index < -0.39 is 4.92 Å². The molecule has 0 fully saturated rings. The van der Waals surface area contributed by atoms with Crippen LogP contribution < -0.4 is 21.9 Å². The minimum atomic E-state index is -0.474. The van der Waals surface area contributed by atoms with Gasteiger partial charge in [0.1, 0.15) is 0 Å². The molecule has 0 unspecified atom stereocenters. The molecule has 0 spiro atoms. The molecule has 0 saturated carbocycles. The molecule has 8 heteroatoms. The van der Waals surface area contributed by atoms with Crippen molar-refractivity contribution in [2.75, 3.05) is 23.7 Å². The van der Waals surface area contributed by atoms with Crippen LogP contribution in [-0.4, -0.2) is 34.7 Å². The van der Waals surface area contributed by atoms with Crippen molar-refractivity contribution in [3.63, 3.8) is 0 Å². The van der Waals surface area contributed by atoms with Crippen molar-refractivity contribution in [2.45, 2.75) is 6.42 Å². The quantitative estimate of drug-likeness (QED) is 0.394. The van der Waals surface area contributed by atoms with Crippen molar-refractivity contribution >= 4 is 34.1 Å². The number of halogens is 1. The van der Waals surface area contributed by atoms with Gasteiger partial charge in [0.15, 0.2) is 11.0 Å². The summed E-state index contributed by atoms with van der Waals surface area (Å²) in [4.78, 5) is 29.4. The Morgan fingerprint density at radius 2 is 1.85 bits per heavy atom. The van der Waals surface area contributed by atoms with Gasteiger partial charge in [0, 0.05) is 35.7 Å². The number of carbonyl (C=O) groups excluding carboxylic acids is 1. The van der Waals surface area contributed by atoms with Crippen molar-refractivity contribution in [1.82, 2.24) is 0 Å². The van der Waals surface area contributed by atoms with E-state index in [0.717, 1.165) is 29.6 Å². The molecule has 26 heavy (non-hydrogen) atoms. The number of hydrogen-bond acceptors (Lipinski definition) is 6. The second kappa shape index (κ2) is 9.49. The van der Waals surface area contributed by atoms with Gasteiger partial charge in [0.25, 0.3) is 5.69 Å². The monoisotopic (exact) mass is 434 g/mol. The third kappa shape index (κ3) is 4.92. The molecule has 0 bridgehead atoms. The Morgan fingerprint density at radius 3 is 2.42 bits per heavy atom. The Labute approximate surface area is 166 Å². The largest absolute Gasteiger partial charge is 1.00 e. The second-order valence-electron chi connectivity index (χ2n) is 5.52.